The van der Waals surface area contributed by atoms with Crippen LogP contribution in [0, 0.1) is 6.92 Å². The van der Waals surface area contributed by atoms with E-state index in [2.05, 4.69) is 58.6 Å². The molecule has 2 N–H and O–H groups in total. The Labute approximate surface area is 141 Å². The normalized spacial score (nSPS) is 12.2. The third-order valence-corrected chi connectivity index (χ3v) is 3.88. The fourth-order valence-corrected chi connectivity index (χ4v) is 2.19. The molecule has 1 aromatic carbocycles. The Balaban J connectivity index is 2.46. The average Bonchev–Trinajstić information content (AvgIpc) is 2.54. The molecule has 0 unspecified atom stereocenters. The van der Waals surface area contributed by atoms with Gasteiger partial charge in [0.2, 0.25) is 0 Å². The van der Waals surface area contributed by atoms with Gasteiger partial charge in [-0.1, -0.05) is 12.1 Å². The molecule has 1 rings (SSSR count). The first-order valence-corrected chi connectivity index (χ1v) is 8.23. The van der Waals surface area contributed by atoms with Crippen LogP contribution in [0.2, 0.25) is 0 Å². The van der Waals surface area contributed by atoms with Crippen LogP contribution in [0.3, 0.4) is 0 Å². The van der Waals surface area contributed by atoms with Gasteiger partial charge in [-0.05, 0) is 45.4 Å². The Morgan fingerprint density at radius 3 is 2.61 bits per heavy atom. The molecule has 0 atom stereocenters. The molecular formula is C18H32N4O. The van der Waals surface area contributed by atoms with Gasteiger partial charge in [-0.25, -0.2) is 0 Å². The zero-order valence-electron chi connectivity index (χ0n) is 15.4. The lowest BCUT2D eigenvalue weighted by molar-refractivity contribution is 0.0268. The molecule has 0 spiro atoms. The van der Waals surface area contributed by atoms with Crippen LogP contribution >= 0.6 is 0 Å². The Morgan fingerprint density at radius 1 is 1.30 bits per heavy atom. The molecule has 5 nitrogen and oxygen atoms in total. The van der Waals surface area contributed by atoms with Crippen molar-refractivity contribution in [3.63, 3.8) is 0 Å². The molecule has 5 heteroatoms. The average molecular weight is 320 g/mol. The first-order valence-electron chi connectivity index (χ1n) is 8.23. The van der Waals surface area contributed by atoms with Gasteiger partial charge in [0.15, 0.2) is 5.96 Å². The lowest BCUT2D eigenvalue weighted by atomic mass is 10.1. The van der Waals surface area contributed by atoms with Crippen molar-refractivity contribution < 1.29 is 4.74 Å². The number of aliphatic imine (C=N–C) groups is 1. The summed E-state index contributed by atoms with van der Waals surface area (Å²) in [6.45, 7) is 11.8. The molecule has 0 aliphatic carbocycles. The highest BCUT2D eigenvalue weighted by molar-refractivity contribution is 5.79. The fraction of sp³-hybridized carbons (Fsp3) is 0.611. The highest BCUT2D eigenvalue weighted by Gasteiger charge is 2.16. The predicted octanol–water partition coefficient (Wildman–Crippen LogP) is 2.41. The van der Waals surface area contributed by atoms with Crippen molar-refractivity contribution >= 4 is 11.6 Å². The monoisotopic (exact) mass is 320 g/mol. The van der Waals surface area contributed by atoms with Crippen molar-refractivity contribution in [3.8, 4) is 0 Å². The molecule has 0 amide bonds. The third-order valence-electron chi connectivity index (χ3n) is 3.88. The second kappa shape index (κ2) is 9.40. The molecule has 0 fully saturated rings. The molecule has 0 heterocycles. The molecule has 23 heavy (non-hydrogen) atoms. The number of hydrogen-bond acceptors (Lipinski definition) is 3. The molecule has 0 aromatic heterocycles. The first-order chi connectivity index (χ1) is 10.9. The van der Waals surface area contributed by atoms with Gasteiger partial charge in [0.25, 0.3) is 0 Å². The summed E-state index contributed by atoms with van der Waals surface area (Å²) in [5, 5.41) is 6.65. The van der Waals surface area contributed by atoms with Crippen molar-refractivity contribution in [1.29, 1.82) is 0 Å². The number of aryl methyl sites for hydroxylation is 1. The van der Waals surface area contributed by atoms with Gasteiger partial charge in [-0.2, -0.15) is 0 Å². The predicted molar refractivity (Wildman–Crippen MR) is 99.5 cm³/mol. The number of anilines is 1. The van der Waals surface area contributed by atoms with Gasteiger partial charge in [0.05, 0.1) is 5.60 Å². The second-order valence-corrected chi connectivity index (χ2v) is 6.24. The van der Waals surface area contributed by atoms with E-state index in [4.69, 9.17) is 4.74 Å². The smallest absolute Gasteiger partial charge is 0.191 e. The van der Waals surface area contributed by atoms with Crippen LogP contribution in [-0.4, -0.2) is 51.9 Å². The lowest BCUT2D eigenvalue weighted by Crippen LogP contribution is -2.47. The van der Waals surface area contributed by atoms with E-state index in [9.17, 15) is 0 Å². The second-order valence-electron chi connectivity index (χ2n) is 6.24. The molecule has 0 saturated heterocycles. The number of ether oxygens (including phenoxy) is 1. The van der Waals surface area contributed by atoms with E-state index in [1.165, 1.54) is 11.3 Å². The maximum absolute atomic E-state index is 5.41. The maximum Gasteiger partial charge on any atom is 0.191 e. The summed E-state index contributed by atoms with van der Waals surface area (Å²) in [6, 6.07) is 8.61. The summed E-state index contributed by atoms with van der Waals surface area (Å²) in [6.07, 6.45) is 0. The van der Waals surface area contributed by atoms with E-state index in [1.807, 2.05) is 13.8 Å². The van der Waals surface area contributed by atoms with E-state index in [1.54, 1.807) is 14.2 Å². The first kappa shape index (κ1) is 19.3. The van der Waals surface area contributed by atoms with Crippen LogP contribution in [0.1, 0.15) is 26.3 Å². The van der Waals surface area contributed by atoms with E-state index in [-0.39, 0.29) is 5.60 Å². The number of nitrogens with zero attached hydrogens (tertiary/aromatic N) is 2. The minimum Gasteiger partial charge on any atom is -0.377 e. The Bertz CT molecular complexity index is 500. The van der Waals surface area contributed by atoms with Crippen LogP contribution in [0.4, 0.5) is 5.69 Å². The zero-order valence-corrected chi connectivity index (χ0v) is 15.4. The van der Waals surface area contributed by atoms with Gasteiger partial charge < -0.3 is 20.3 Å². The summed E-state index contributed by atoms with van der Waals surface area (Å²) in [4.78, 5) is 6.61. The number of nitrogens with one attached hydrogen (secondary N) is 2. The van der Waals surface area contributed by atoms with Crippen molar-refractivity contribution in [2.45, 2.75) is 33.3 Å². The summed E-state index contributed by atoms with van der Waals surface area (Å²) in [7, 11) is 3.51. The van der Waals surface area contributed by atoms with Crippen LogP contribution < -0.4 is 15.5 Å². The molecule has 0 bridgehead atoms. The Kier molecular flexibility index (Phi) is 7.89. The molecule has 0 aliphatic heterocycles. The summed E-state index contributed by atoms with van der Waals surface area (Å²) >= 11 is 0. The number of methoxy groups -OCH3 is 1. The van der Waals surface area contributed by atoms with E-state index >= 15 is 0 Å². The Morgan fingerprint density at radius 2 is 2.04 bits per heavy atom. The topological polar surface area (TPSA) is 48.9 Å². The van der Waals surface area contributed by atoms with Crippen molar-refractivity contribution in [2.75, 3.05) is 45.2 Å². The van der Waals surface area contributed by atoms with Crippen molar-refractivity contribution in [1.82, 2.24) is 10.6 Å². The van der Waals surface area contributed by atoms with Crippen LogP contribution in [-0.2, 0) is 4.74 Å². The maximum atomic E-state index is 5.41. The van der Waals surface area contributed by atoms with Crippen LogP contribution in [0.15, 0.2) is 29.3 Å². The van der Waals surface area contributed by atoms with Gasteiger partial charge >= 0.3 is 0 Å². The largest absolute Gasteiger partial charge is 0.377 e. The van der Waals surface area contributed by atoms with E-state index in [0.717, 1.165) is 25.6 Å². The minimum atomic E-state index is -0.214. The molecule has 0 aliphatic rings. The number of rotatable bonds is 8. The zero-order chi connectivity index (χ0) is 17.3. The fourth-order valence-electron chi connectivity index (χ4n) is 2.19. The highest BCUT2D eigenvalue weighted by atomic mass is 16.5. The van der Waals surface area contributed by atoms with Gasteiger partial charge in [-0.15, -0.1) is 0 Å². The van der Waals surface area contributed by atoms with E-state index in [0.29, 0.717) is 6.54 Å². The number of benzene rings is 1. The summed E-state index contributed by atoms with van der Waals surface area (Å²) in [5.41, 5.74) is 2.33. The van der Waals surface area contributed by atoms with Gasteiger partial charge in [0, 0.05) is 46.0 Å². The van der Waals surface area contributed by atoms with Crippen molar-refractivity contribution in [3.05, 3.63) is 29.8 Å². The van der Waals surface area contributed by atoms with Gasteiger partial charge in [0.1, 0.15) is 0 Å². The van der Waals surface area contributed by atoms with Crippen LogP contribution in [0.25, 0.3) is 0 Å². The lowest BCUT2D eigenvalue weighted by Gasteiger charge is -2.26. The summed E-state index contributed by atoms with van der Waals surface area (Å²) in [5.74, 6) is 0.801. The minimum absolute atomic E-state index is 0.214. The molecule has 1 aromatic rings. The Hall–Kier alpha value is -1.75. The van der Waals surface area contributed by atoms with E-state index < -0.39 is 0 Å². The summed E-state index contributed by atoms with van der Waals surface area (Å²) < 4.78 is 5.41. The SMILES string of the molecule is CCN(CCNC(=NC)NCC(C)(C)OC)c1cccc(C)c1. The van der Waals surface area contributed by atoms with Crippen molar-refractivity contribution in [2.24, 2.45) is 4.99 Å². The molecule has 0 saturated carbocycles. The van der Waals surface area contributed by atoms with Gasteiger partial charge in [-0.3, -0.25) is 4.99 Å². The standard InChI is InChI=1S/C18H32N4O/c1-7-22(16-10-8-9-15(2)13-16)12-11-20-17(19-5)21-14-18(3,4)23-6/h8-10,13H,7,11-12,14H2,1-6H3,(H2,19,20,21). The number of likely N-dealkylation sites (N-methyl/N-ethyl adjacent to an activating group) is 1. The van der Waals surface area contributed by atoms with Crippen LogP contribution in [0.5, 0.6) is 0 Å². The number of guanidine groups is 1. The quantitative estimate of drug-likeness (QED) is 0.570. The molecular weight excluding hydrogens is 288 g/mol. The molecule has 130 valence electrons. The highest BCUT2D eigenvalue weighted by Crippen LogP contribution is 2.14. The third kappa shape index (κ3) is 6.91. The number of hydrogen-bond donors (Lipinski definition) is 2. The molecule has 0 radical (unpaired) electrons.